The van der Waals surface area contributed by atoms with Crippen molar-refractivity contribution in [3.05, 3.63) is 24.8 Å². The van der Waals surface area contributed by atoms with Gasteiger partial charge in [0.2, 0.25) is 0 Å². The monoisotopic (exact) mass is 169 g/mol. The van der Waals surface area contributed by atoms with E-state index in [1.807, 2.05) is 19.0 Å². The number of rotatable bonds is 5. The summed E-state index contributed by atoms with van der Waals surface area (Å²) in [5, 5.41) is 8.67. The summed E-state index contributed by atoms with van der Waals surface area (Å²) in [6, 6.07) is -0.153. The standard InChI is InChI=1S/C9H15NO2/c1-5-6-8(10(3)4)7(2)9(11)12/h5,8H,1-2,6H2,3-4H3,(H,11,12). The van der Waals surface area contributed by atoms with Crippen molar-refractivity contribution in [2.45, 2.75) is 12.5 Å². The number of carboxylic acid groups (broad SMARTS) is 1. The Bertz CT molecular complexity index is 197. The van der Waals surface area contributed by atoms with Crippen molar-refractivity contribution in [1.29, 1.82) is 0 Å². The third-order valence-corrected chi connectivity index (χ3v) is 1.69. The normalized spacial score (nSPS) is 12.6. The number of carbonyl (C=O) groups is 1. The number of carboxylic acids is 1. The minimum atomic E-state index is -0.949. The van der Waals surface area contributed by atoms with E-state index in [-0.39, 0.29) is 11.6 Å². The number of hydrogen-bond acceptors (Lipinski definition) is 2. The fourth-order valence-corrected chi connectivity index (χ4v) is 0.965. The van der Waals surface area contributed by atoms with E-state index in [0.29, 0.717) is 6.42 Å². The molecule has 0 saturated heterocycles. The molecule has 0 fully saturated rings. The zero-order valence-electron chi connectivity index (χ0n) is 7.58. The second kappa shape index (κ2) is 4.72. The Balaban J connectivity index is 4.39. The van der Waals surface area contributed by atoms with E-state index < -0.39 is 5.97 Å². The van der Waals surface area contributed by atoms with Crippen molar-refractivity contribution < 1.29 is 9.90 Å². The van der Waals surface area contributed by atoms with Crippen LogP contribution in [-0.4, -0.2) is 36.1 Å². The van der Waals surface area contributed by atoms with E-state index in [0.717, 1.165) is 0 Å². The molecule has 3 heteroatoms. The summed E-state index contributed by atoms with van der Waals surface area (Å²) in [5.74, 6) is -0.949. The van der Waals surface area contributed by atoms with Crippen molar-refractivity contribution in [1.82, 2.24) is 4.90 Å². The van der Waals surface area contributed by atoms with Crippen LogP contribution in [0.3, 0.4) is 0 Å². The summed E-state index contributed by atoms with van der Waals surface area (Å²) in [6.45, 7) is 7.07. The summed E-state index contributed by atoms with van der Waals surface area (Å²) in [5.41, 5.74) is 0.208. The maximum atomic E-state index is 10.6. The van der Waals surface area contributed by atoms with Crippen LogP contribution in [0.4, 0.5) is 0 Å². The smallest absolute Gasteiger partial charge is 0.332 e. The van der Waals surface area contributed by atoms with Crippen molar-refractivity contribution >= 4 is 5.97 Å². The molecule has 0 heterocycles. The van der Waals surface area contributed by atoms with Gasteiger partial charge in [0.1, 0.15) is 0 Å². The molecule has 0 spiro atoms. The molecule has 0 amide bonds. The Kier molecular flexibility index (Phi) is 4.29. The molecule has 1 unspecified atom stereocenters. The van der Waals surface area contributed by atoms with Gasteiger partial charge in [-0.05, 0) is 20.5 Å². The molecule has 0 radical (unpaired) electrons. The van der Waals surface area contributed by atoms with Crippen molar-refractivity contribution in [3.63, 3.8) is 0 Å². The van der Waals surface area contributed by atoms with E-state index in [2.05, 4.69) is 13.2 Å². The van der Waals surface area contributed by atoms with E-state index >= 15 is 0 Å². The molecule has 0 aromatic rings. The Morgan fingerprint density at radius 3 is 2.42 bits per heavy atom. The van der Waals surface area contributed by atoms with Gasteiger partial charge in [-0.25, -0.2) is 4.79 Å². The molecule has 0 aromatic heterocycles. The molecule has 0 aliphatic heterocycles. The highest BCUT2D eigenvalue weighted by Gasteiger charge is 2.18. The summed E-state index contributed by atoms with van der Waals surface area (Å²) >= 11 is 0. The Morgan fingerprint density at radius 2 is 2.17 bits per heavy atom. The van der Waals surface area contributed by atoms with Gasteiger partial charge in [-0.3, -0.25) is 0 Å². The van der Waals surface area contributed by atoms with Crippen LogP contribution in [-0.2, 0) is 4.79 Å². The maximum absolute atomic E-state index is 10.6. The molecule has 12 heavy (non-hydrogen) atoms. The number of hydrogen-bond donors (Lipinski definition) is 1. The fraction of sp³-hybridized carbons (Fsp3) is 0.444. The zero-order valence-corrected chi connectivity index (χ0v) is 7.58. The van der Waals surface area contributed by atoms with Gasteiger partial charge in [-0.2, -0.15) is 0 Å². The molecule has 0 bridgehead atoms. The van der Waals surface area contributed by atoms with Crippen LogP contribution in [0.25, 0.3) is 0 Å². The lowest BCUT2D eigenvalue weighted by molar-refractivity contribution is -0.133. The Hall–Kier alpha value is -1.09. The van der Waals surface area contributed by atoms with Crippen molar-refractivity contribution in [2.24, 2.45) is 0 Å². The third kappa shape index (κ3) is 2.88. The van der Waals surface area contributed by atoms with Gasteiger partial charge in [0.05, 0.1) is 0 Å². The molecular formula is C9H15NO2. The average molecular weight is 169 g/mol. The molecule has 68 valence electrons. The molecule has 0 saturated carbocycles. The highest BCUT2D eigenvalue weighted by molar-refractivity contribution is 5.87. The van der Waals surface area contributed by atoms with E-state index in [4.69, 9.17) is 5.11 Å². The minimum Gasteiger partial charge on any atom is -0.478 e. The van der Waals surface area contributed by atoms with E-state index in [1.165, 1.54) is 0 Å². The molecule has 1 atom stereocenters. The van der Waals surface area contributed by atoms with E-state index in [1.54, 1.807) is 6.08 Å². The second-order valence-electron chi connectivity index (χ2n) is 2.83. The zero-order chi connectivity index (χ0) is 9.72. The maximum Gasteiger partial charge on any atom is 0.332 e. The lowest BCUT2D eigenvalue weighted by Gasteiger charge is -2.22. The van der Waals surface area contributed by atoms with Crippen LogP contribution in [0.15, 0.2) is 24.8 Å². The molecule has 0 aromatic carbocycles. The van der Waals surface area contributed by atoms with Gasteiger partial charge in [0.15, 0.2) is 0 Å². The van der Waals surface area contributed by atoms with Crippen LogP contribution in [0.5, 0.6) is 0 Å². The van der Waals surface area contributed by atoms with Crippen molar-refractivity contribution in [3.8, 4) is 0 Å². The highest BCUT2D eigenvalue weighted by Crippen LogP contribution is 2.10. The third-order valence-electron chi connectivity index (χ3n) is 1.69. The van der Waals surface area contributed by atoms with Crippen LogP contribution in [0, 0.1) is 0 Å². The summed E-state index contributed by atoms with van der Waals surface area (Å²) in [6.07, 6.45) is 2.30. The topological polar surface area (TPSA) is 40.5 Å². The van der Waals surface area contributed by atoms with Crippen LogP contribution >= 0.6 is 0 Å². The number of nitrogens with zero attached hydrogens (tertiary/aromatic N) is 1. The molecular weight excluding hydrogens is 154 g/mol. The summed E-state index contributed by atoms with van der Waals surface area (Å²) in [7, 11) is 3.64. The predicted octanol–water partition coefficient (Wildman–Crippen LogP) is 1.13. The fourth-order valence-electron chi connectivity index (χ4n) is 0.965. The highest BCUT2D eigenvalue weighted by atomic mass is 16.4. The van der Waals surface area contributed by atoms with Gasteiger partial charge >= 0.3 is 5.97 Å². The van der Waals surface area contributed by atoms with Crippen LogP contribution in [0.1, 0.15) is 6.42 Å². The molecule has 3 nitrogen and oxygen atoms in total. The lowest BCUT2D eigenvalue weighted by Crippen LogP contribution is -2.31. The van der Waals surface area contributed by atoms with Gasteiger partial charge < -0.3 is 10.0 Å². The number of likely N-dealkylation sites (N-methyl/N-ethyl adjacent to an activating group) is 1. The summed E-state index contributed by atoms with van der Waals surface area (Å²) < 4.78 is 0. The SMILES string of the molecule is C=CCC(C(=C)C(=O)O)N(C)C. The quantitative estimate of drug-likeness (QED) is 0.495. The number of aliphatic carboxylic acids is 1. The van der Waals surface area contributed by atoms with Crippen LogP contribution in [0.2, 0.25) is 0 Å². The van der Waals surface area contributed by atoms with Gasteiger partial charge in [-0.1, -0.05) is 12.7 Å². The van der Waals surface area contributed by atoms with Gasteiger partial charge in [0, 0.05) is 11.6 Å². The first kappa shape index (κ1) is 10.9. The molecule has 1 N–H and O–H groups in total. The first-order chi connectivity index (χ1) is 5.50. The predicted molar refractivity (Wildman–Crippen MR) is 49.1 cm³/mol. The van der Waals surface area contributed by atoms with Crippen LogP contribution < -0.4 is 0 Å². The minimum absolute atomic E-state index is 0.153. The largest absolute Gasteiger partial charge is 0.478 e. The van der Waals surface area contributed by atoms with E-state index in [9.17, 15) is 4.79 Å². The average Bonchev–Trinajstić information content (AvgIpc) is 1.98. The molecule has 0 aliphatic rings. The summed E-state index contributed by atoms with van der Waals surface area (Å²) in [4.78, 5) is 12.4. The molecule has 0 aliphatic carbocycles. The van der Waals surface area contributed by atoms with Gasteiger partial charge in [-0.15, -0.1) is 6.58 Å². The Morgan fingerprint density at radius 1 is 1.67 bits per heavy atom. The first-order valence-electron chi connectivity index (χ1n) is 3.70. The van der Waals surface area contributed by atoms with Gasteiger partial charge in [0.25, 0.3) is 0 Å². The lowest BCUT2D eigenvalue weighted by atomic mass is 10.1. The Labute approximate surface area is 73.0 Å². The second-order valence-corrected chi connectivity index (χ2v) is 2.83. The first-order valence-corrected chi connectivity index (χ1v) is 3.70. The van der Waals surface area contributed by atoms with Crippen molar-refractivity contribution in [2.75, 3.05) is 14.1 Å². The molecule has 0 rings (SSSR count).